The zero-order chi connectivity index (χ0) is 26.6. The van der Waals surface area contributed by atoms with Crippen molar-refractivity contribution in [2.75, 3.05) is 21.3 Å². The summed E-state index contributed by atoms with van der Waals surface area (Å²) in [5.74, 6) is 0.706. The Kier molecular flexibility index (Phi) is 7.62. The number of ether oxygens (including phenoxy) is 3. The summed E-state index contributed by atoms with van der Waals surface area (Å²) in [6.45, 7) is 1.54. The molecule has 0 fully saturated rings. The number of halogens is 1. The Morgan fingerprint density at radius 3 is 2.22 bits per heavy atom. The van der Waals surface area contributed by atoms with E-state index >= 15 is 0 Å². The van der Waals surface area contributed by atoms with Gasteiger partial charge in [0.2, 0.25) is 5.88 Å². The first-order valence-corrected chi connectivity index (χ1v) is 12.8. The summed E-state index contributed by atoms with van der Waals surface area (Å²) in [5, 5.41) is 7.61. The highest BCUT2D eigenvalue weighted by molar-refractivity contribution is 7.91. The van der Waals surface area contributed by atoms with Gasteiger partial charge >= 0.3 is 0 Å². The summed E-state index contributed by atoms with van der Waals surface area (Å²) in [7, 11) is 0.680. The van der Waals surface area contributed by atoms with Gasteiger partial charge < -0.3 is 14.2 Å². The quantitative estimate of drug-likeness (QED) is 0.303. The van der Waals surface area contributed by atoms with Crippen molar-refractivity contribution in [3.8, 4) is 34.6 Å². The summed E-state index contributed by atoms with van der Waals surface area (Å²) in [4.78, 5) is 12.2. The first kappa shape index (κ1) is 25.9. The van der Waals surface area contributed by atoms with Crippen molar-refractivity contribution < 1.29 is 27.0 Å². The lowest BCUT2D eigenvalue weighted by Crippen LogP contribution is -2.24. The SMILES string of the molecule is COc1cccc(-c2nnc(CS(=O)(=O)[C@@H](C)Cc3ncc(F)cn3)n2-c2c(OC)cccc2OC)n1. The van der Waals surface area contributed by atoms with Crippen molar-refractivity contribution in [3.63, 3.8) is 0 Å². The molecule has 0 saturated carbocycles. The van der Waals surface area contributed by atoms with Crippen LogP contribution in [-0.2, 0) is 22.0 Å². The molecule has 1 atom stereocenters. The molecule has 0 bridgehead atoms. The molecule has 0 spiro atoms. The molecule has 13 heteroatoms. The van der Waals surface area contributed by atoms with Crippen LogP contribution in [0.2, 0.25) is 0 Å². The van der Waals surface area contributed by atoms with Gasteiger partial charge in [0.25, 0.3) is 0 Å². The highest BCUT2D eigenvalue weighted by Crippen LogP contribution is 2.36. The lowest BCUT2D eigenvalue weighted by molar-refractivity contribution is 0.390. The van der Waals surface area contributed by atoms with E-state index in [0.29, 0.717) is 28.8 Å². The van der Waals surface area contributed by atoms with Crippen LogP contribution in [0.3, 0.4) is 0 Å². The number of para-hydroxylation sites is 1. The van der Waals surface area contributed by atoms with Crippen LogP contribution in [0.25, 0.3) is 17.2 Å². The fourth-order valence-electron chi connectivity index (χ4n) is 3.67. The monoisotopic (exact) mass is 528 g/mol. The van der Waals surface area contributed by atoms with Crippen molar-refractivity contribution in [2.45, 2.75) is 24.3 Å². The third-order valence-corrected chi connectivity index (χ3v) is 7.66. The van der Waals surface area contributed by atoms with Gasteiger partial charge in [-0.25, -0.2) is 27.8 Å². The Balaban J connectivity index is 1.82. The fraction of sp³-hybridized carbons (Fsp3) is 0.292. The average molecular weight is 529 g/mol. The summed E-state index contributed by atoms with van der Waals surface area (Å²) in [5.41, 5.74) is 0.813. The van der Waals surface area contributed by atoms with Gasteiger partial charge in [0.15, 0.2) is 27.3 Å². The number of hydrogen-bond donors (Lipinski definition) is 0. The van der Waals surface area contributed by atoms with Gasteiger partial charge in [0.05, 0.1) is 39.0 Å². The number of hydrogen-bond acceptors (Lipinski definition) is 10. The van der Waals surface area contributed by atoms with Crippen LogP contribution in [0, 0.1) is 5.82 Å². The summed E-state index contributed by atoms with van der Waals surface area (Å²) < 4.78 is 57.9. The first-order valence-electron chi connectivity index (χ1n) is 11.1. The van der Waals surface area contributed by atoms with Gasteiger partial charge in [-0.3, -0.25) is 4.57 Å². The average Bonchev–Trinajstić information content (AvgIpc) is 3.31. The minimum atomic E-state index is -3.80. The molecule has 0 aliphatic rings. The van der Waals surface area contributed by atoms with E-state index in [-0.39, 0.29) is 23.9 Å². The van der Waals surface area contributed by atoms with E-state index < -0.39 is 26.7 Å². The van der Waals surface area contributed by atoms with Crippen LogP contribution in [0.15, 0.2) is 48.8 Å². The van der Waals surface area contributed by atoms with Gasteiger partial charge in [-0.2, -0.15) is 0 Å². The van der Waals surface area contributed by atoms with Crippen LogP contribution in [0.1, 0.15) is 18.6 Å². The van der Waals surface area contributed by atoms with E-state index in [2.05, 4.69) is 25.1 Å². The Morgan fingerprint density at radius 2 is 1.59 bits per heavy atom. The standard InChI is InChI=1S/C24H25FN6O5S/c1-15(11-20-26-12-16(25)13-27-20)37(32,33)14-21-29-30-24(17-7-5-10-22(28-17)36-4)31(21)23-18(34-2)8-6-9-19(23)35-3/h5-10,12-13,15H,11,14H2,1-4H3/t15-/m0/s1. The van der Waals surface area contributed by atoms with Crippen LogP contribution in [0.5, 0.6) is 17.4 Å². The number of rotatable bonds is 10. The maximum atomic E-state index is 13.4. The largest absolute Gasteiger partial charge is 0.494 e. The van der Waals surface area contributed by atoms with Crippen LogP contribution in [-0.4, -0.2) is 64.7 Å². The molecule has 4 rings (SSSR count). The van der Waals surface area contributed by atoms with Crippen molar-refractivity contribution in [1.82, 2.24) is 29.7 Å². The van der Waals surface area contributed by atoms with Crippen LogP contribution in [0.4, 0.5) is 4.39 Å². The van der Waals surface area contributed by atoms with Gasteiger partial charge in [0.1, 0.15) is 34.5 Å². The molecule has 3 aromatic heterocycles. The molecule has 0 amide bonds. The third-order valence-electron chi connectivity index (χ3n) is 5.60. The highest BCUT2D eigenvalue weighted by Gasteiger charge is 2.29. The fourth-order valence-corrected chi connectivity index (χ4v) is 4.90. The van der Waals surface area contributed by atoms with E-state index in [0.717, 1.165) is 12.4 Å². The van der Waals surface area contributed by atoms with Crippen molar-refractivity contribution in [2.24, 2.45) is 0 Å². The minimum absolute atomic E-state index is 0.000966. The van der Waals surface area contributed by atoms with Crippen LogP contribution >= 0.6 is 0 Å². The molecule has 37 heavy (non-hydrogen) atoms. The Morgan fingerprint density at radius 1 is 0.946 bits per heavy atom. The van der Waals surface area contributed by atoms with Crippen LogP contribution < -0.4 is 14.2 Å². The number of benzene rings is 1. The van der Waals surface area contributed by atoms with E-state index in [1.807, 2.05) is 0 Å². The van der Waals surface area contributed by atoms with E-state index in [4.69, 9.17) is 14.2 Å². The molecule has 0 saturated heterocycles. The van der Waals surface area contributed by atoms with E-state index in [1.165, 1.54) is 28.3 Å². The molecule has 194 valence electrons. The molecular formula is C24H25FN6O5S. The first-order chi connectivity index (χ1) is 17.8. The zero-order valence-electron chi connectivity index (χ0n) is 20.6. The molecule has 1 aromatic carbocycles. The molecule has 0 N–H and O–H groups in total. The second-order valence-electron chi connectivity index (χ2n) is 7.99. The normalized spacial score (nSPS) is 12.2. The molecule has 4 aromatic rings. The Labute approximate surface area is 213 Å². The van der Waals surface area contributed by atoms with Crippen molar-refractivity contribution >= 4 is 9.84 Å². The zero-order valence-corrected chi connectivity index (χ0v) is 21.4. The number of pyridine rings is 1. The number of aromatic nitrogens is 6. The second-order valence-corrected chi connectivity index (χ2v) is 10.4. The minimum Gasteiger partial charge on any atom is -0.494 e. The smallest absolute Gasteiger partial charge is 0.213 e. The van der Waals surface area contributed by atoms with Gasteiger partial charge in [-0.15, -0.1) is 10.2 Å². The molecule has 3 heterocycles. The predicted octanol–water partition coefficient (Wildman–Crippen LogP) is 2.83. The Bertz CT molecular complexity index is 1470. The van der Waals surface area contributed by atoms with Crippen molar-refractivity contribution in [1.29, 1.82) is 0 Å². The van der Waals surface area contributed by atoms with Gasteiger partial charge in [-0.05, 0) is 25.1 Å². The molecule has 11 nitrogen and oxygen atoms in total. The lowest BCUT2D eigenvalue weighted by Gasteiger charge is -2.18. The molecule has 0 aliphatic carbocycles. The van der Waals surface area contributed by atoms with Gasteiger partial charge in [0, 0.05) is 12.5 Å². The Hall–Kier alpha value is -4.13. The maximum Gasteiger partial charge on any atom is 0.213 e. The predicted molar refractivity (Wildman–Crippen MR) is 132 cm³/mol. The molecular weight excluding hydrogens is 503 g/mol. The topological polar surface area (TPSA) is 131 Å². The van der Waals surface area contributed by atoms with Gasteiger partial charge in [-0.1, -0.05) is 12.1 Å². The van der Waals surface area contributed by atoms with Crippen molar-refractivity contribution in [3.05, 3.63) is 66.3 Å². The lowest BCUT2D eigenvalue weighted by atomic mass is 10.2. The summed E-state index contributed by atoms with van der Waals surface area (Å²) >= 11 is 0. The third kappa shape index (κ3) is 5.50. The number of nitrogens with zero attached hydrogens (tertiary/aromatic N) is 6. The number of sulfone groups is 1. The molecule has 0 aliphatic heterocycles. The highest BCUT2D eigenvalue weighted by atomic mass is 32.2. The second kappa shape index (κ2) is 10.9. The van der Waals surface area contributed by atoms with E-state index in [9.17, 15) is 12.8 Å². The molecule has 0 unspecified atom stereocenters. The van der Waals surface area contributed by atoms with E-state index in [1.54, 1.807) is 41.0 Å². The number of methoxy groups -OCH3 is 3. The summed E-state index contributed by atoms with van der Waals surface area (Å²) in [6, 6.07) is 10.3. The molecule has 0 radical (unpaired) electrons. The maximum absolute atomic E-state index is 13.4. The summed E-state index contributed by atoms with van der Waals surface area (Å²) in [6.07, 6.45) is 2.00.